The minimum Gasteiger partial charge on any atom is -0.482 e. The summed E-state index contributed by atoms with van der Waals surface area (Å²) >= 11 is 0. The molecule has 7 heteroatoms. The Morgan fingerprint density at radius 3 is 2.48 bits per heavy atom. The van der Waals surface area contributed by atoms with Crippen molar-refractivity contribution in [3.8, 4) is 17.2 Å². The topological polar surface area (TPSA) is 88.1 Å². The fourth-order valence-corrected chi connectivity index (χ4v) is 3.05. The van der Waals surface area contributed by atoms with E-state index in [0.717, 1.165) is 11.3 Å². The SMILES string of the molecule is O=C(NO)c1ccc2c(c1)N(Cc1ccc(Oc3ccccc3)cc1)C(=O)CO2. The number of carbonyl (C=O) groups excluding carboxylic acids is 2. The molecule has 3 aromatic rings. The van der Waals surface area contributed by atoms with Crippen LogP contribution in [0, 0.1) is 0 Å². The van der Waals surface area contributed by atoms with Crippen molar-refractivity contribution in [2.45, 2.75) is 6.54 Å². The Balaban J connectivity index is 1.55. The number of nitrogens with zero attached hydrogens (tertiary/aromatic N) is 1. The smallest absolute Gasteiger partial charge is 0.274 e. The molecule has 29 heavy (non-hydrogen) atoms. The van der Waals surface area contributed by atoms with Gasteiger partial charge in [-0.25, -0.2) is 5.48 Å². The summed E-state index contributed by atoms with van der Waals surface area (Å²) in [5.74, 6) is 1.06. The molecular formula is C22H18N2O5. The van der Waals surface area contributed by atoms with Gasteiger partial charge in [0.15, 0.2) is 6.61 Å². The van der Waals surface area contributed by atoms with Crippen molar-refractivity contribution in [3.05, 3.63) is 83.9 Å². The van der Waals surface area contributed by atoms with Crippen molar-refractivity contribution in [2.24, 2.45) is 0 Å². The molecular weight excluding hydrogens is 372 g/mol. The van der Waals surface area contributed by atoms with Crippen LogP contribution in [-0.2, 0) is 11.3 Å². The van der Waals surface area contributed by atoms with Gasteiger partial charge in [-0.2, -0.15) is 0 Å². The lowest BCUT2D eigenvalue weighted by atomic mass is 10.1. The van der Waals surface area contributed by atoms with Crippen LogP contribution < -0.4 is 19.9 Å². The van der Waals surface area contributed by atoms with Crippen LogP contribution in [0.1, 0.15) is 15.9 Å². The van der Waals surface area contributed by atoms with E-state index in [0.29, 0.717) is 23.7 Å². The molecule has 0 spiro atoms. The van der Waals surface area contributed by atoms with Gasteiger partial charge in [-0.3, -0.25) is 14.8 Å². The van der Waals surface area contributed by atoms with Gasteiger partial charge in [0, 0.05) is 5.56 Å². The second-order valence-electron chi connectivity index (χ2n) is 6.45. The Hall–Kier alpha value is -3.84. The van der Waals surface area contributed by atoms with Crippen LogP contribution in [0.5, 0.6) is 17.2 Å². The van der Waals surface area contributed by atoms with Gasteiger partial charge in [0.25, 0.3) is 11.8 Å². The van der Waals surface area contributed by atoms with E-state index in [-0.39, 0.29) is 18.1 Å². The van der Waals surface area contributed by atoms with Crippen LogP contribution >= 0.6 is 0 Å². The number of nitrogens with one attached hydrogen (secondary N) is 1. The van der Waals surface area contributed by atoms with E-state index in [2.05, 4.69) is 0 Å². The first-order valence-electron chi connectivity index (χ1n) is 8.97. The van der Waals surface area contributed by atoms with Crippen LogP contribution in [0.15, 0.2) is 72.8 Å². The van der Waals surface area contributed by atoms with Crippen molar-refractivity contribution in [2.75, 3.05) is 11.5 Å². The van der Waals surface area contributed by atoms with E-state index in [4.69, 9.17) is 14.7 Å². The van der Waals surface area contributed by atoms with Gasteiger partial charge >= 0.3 is 0 Å². The number of amides is 2. The largest absolute Gasteiger partial charge is 0.482 e. The zero-order valence-corrected chi connectivity index (χ0v) is 15.4. The summed E-state index contributed by atoms with van der Waals surface area (Å²) in [6.45, 7) is 0.235. The molecule has 0 radical (unpaired) electrons. The first-order chi connectivity index (χ1) is 14.1. The summed E-state index contributed by atoms with van der Waals surface area (Å²) in [6, 6.07) is 21.5. The number of ether oxygens (including phenoxy) is 2. The van der Waals surface area contributed by atoms with Gasteiger partial charge in [0.1, 0.15) is 17.2 Å². The number of hydrogen-bond acceptors (Lipinski definition) is 5. The van der Waals surface area contributed by atoms with Crippen molar-refractivity contribution in [3.63, 3.8) is 0 Å². The number of benzene rings is 3. The zero-order valence-electron chi connectivity index (χ0n) is 15.4. The highest BCUT2D eigenvalue weighted by Crippen LogP contribution is 2.34. The molecule has 2 N–H and O–H groups in total. The summed E-state index contributed by atoms with van der Waals surface area (Å²) in [7, 11) is 0. The molecule has 7 nitrogen and oxygen atoms in total. The zero-order chi connectivity index (χ0) is 20.2. The molecule has 0 aliphatic carbocycles. The predicted octanol–water partition coefficient (Wildman–Crippen LogP) is 3.52. The molecule has 0 aromatic heterocycles. The van der Waals surface area contributed by atoms with Gasteiger partial charge in [-0.1, -0.05) is 30.3 Å². The van der Waals surface area contributed by atoms with E-state index in [1.165, 1.54) is 12.1 Å². The predicted molar refractivity (Wildman–Crippen MR) is 105 cm³/mol. The van der Waals surface area contributed by atoms with E-state index >= 15 is 0 Å². The Morgan fingerprint density at radius 2 is 1.76 bits per heavy atom. The number of rotatable bonds is 5. The molecule has 0 unspecified atom stereocenters. The lowest BCUT2D eigenvalue weighted by Crippen LogP contribution is -2.38. The van der Waals surface area contributed by atoms with Crippen LogP contribution in [0.4, 0.5) is 5.69 Å². The van der Waals surface area contributed by atoms with Crippen molar-refractivity contribution in [1.29, 1.82) is 0 Å². The van der Waals surface area contributed by atoms with E-state index in [1.54, 1.807) is 16.4 Å². The van der Waals surface area contributed by atoms with Gasteiger partial charge in [-0.05, 0) is 48.0 Å². The summed E-state index contributed by atoms with van der Waals surface area (Å²) in [5.41, 5.74) is 3.19. The Labute approximate surface area is 167 Å². The first kappa shape index (κ1) is 18.5. The summed E-state index contributed by atoms with van der Waals surface area (Å²) < 4.78 is 11.2. The molecule has 0 saturated heterocycles. The molecule has 1 heterocycles. The van der Waals surface area contributed by atoms with E-state index in [1.807, 2.05) is 54.6 Å². The highest BCUT2D eigenvalue weighted by molar-refractivity contribution is 6.01. The average molecular weight is 390 g/mol. The van der Waals surface area contributed by atoms with Gasteiger partial charge in [0.2, 0.25) is 0 Å². The molecule has 146 valence electrons. The second-order valence-corrected chi connectivity index (χ2v) is 6.45. The fourth-order valence-electron chi connectivity index (χ4n) is 3.05. The first-order valence-corrected chi connectivity index (χ1v) is 8.97. The minimum absolute atomic E-state index is 0.0756. The lowest BCUT2D eigenvalue weighted by molar-refractivity contribution is -0.121. The number of para-hydroxylation sites is 1. The quantitative estimate of drug-likeness (QED) is 0.514. The third-order valence-corrected chi connectivity index (χ3v) is 4.51. The maximum Gasteiger partial charge on any atom is 0.274 e. The molecule has 1 aliphatic heterocycles. The van der Waals surface area contributed by atoms with Gasteiger partial charge < -0.3 is 14.4 Å². The summed E-state index contributed by atoms with van der Waals surface area (Å²) in [4.78, 5) is 25.7. The summed E-state index contributed by atoms with van der Waals surface area (Å²) in [5, 5.41) is 8.85. The second kappa shape index (κ2) is 8.04. The normalized spacial score (nSPS) is 12.7. The molecule has 3 aromatic carbocycles. The third kappa shape index (κ3) is 4.04. The number of hydrogen-bond donors (Lipinski definition) is 2. The van der Waals surface area contributed by atoms with Crippen LogP contribution in [0.3, 0.4) is 0 Å². The molecule has 0 fully saturated rings. The fraction of sp³-hybridized carbons (Fsp3) is 0.0909. The van der Waals surface area contributed by atoms with Crippen LogP contribution in [-0.4, -0.2) is 23.6 Å². The molecule has 0 atom stereocenters. The molecule has 4 rings (SSSR count). The van der Waals surface area contributed by atoms with E-state index < -0.39 is 5.91 Å². The number of anilines is 1. The Kier molecular flexibility index (Phi) is 5.13. The average Bonchev–Trinajstić information content (AvgIpc) is 2.77. The van der Waals surface area contributed by atoms with E-state index in [9.17, 15) is 9.59 Å². The number of hydroxylamine groups is 1. The monoisotopic (exact) mass is 390 g/mol. The van der Waals surface area contributed by atoms with Crippen LogP contribution in [0.2, 0.25) is 0 Å². The third-order valence-electron chi connectivity index (χ3n) is 4.51. The maximum absolute atomic E-state index is 12.4. The maximum atomic E-state index is 12.4. The van der Waals surface area contributed by atoms with Crippen LogP contribution in [0.25, 0.3) is 0 Å². The highest BCUT2D eigenvalue weighted by Gasteiger charge is 2.26. The molecule has 1 aliphatic rings. The minimum atomic E-state index is -0.659. The number of carbonyl (C=O) groups is 2. The van der Waals surface area contributed by atoms with Gasteiger partial charge in [0.05, 0.1) is 12.2 Å². The molecule has 0 bridgehead atoms. The molecule has 0 saturated carbocycles. The lowest BCUT2D eigenvalue weighted by Gasteiger charge is -2.29. The standard InChI is InChI=1S/C22H18N2O5/c25-21-14-28-20-11-8-16(22(26)23-27)12-19(20)24(21)13-15-6-9-18(10-7-15)29-17-4-2-1-3-5-17/h1-12,27H,13-14H2,(H,23,26). The number of fused-ring (bicyclic) bond motifs is 1. The van der Waals surface area contributed by atoms with Crippen molar-refractivity contribution in [1.82, 2.24) is 5.48 Å². The Bertz CT molecular complexity index is 1030. The summed E-state index contributed by atoms with van der Waals surface area (Å²) in [6.07, 6.45) is 0. The Morgan fingerprint density at radius 1 is 1.03 bits per heavy atom. The molecule has 2 amide bonds. The van der Waals surface area contributed by atoms with Crippen molar-refractivity contribution >= 4 is 17.5 Å². The van der Waals surface area contributed by atoms with Gasteiger partial charge in [-0.15, -0.1) is 0 Å². The van der Waals surface area contributed by atoms with Crippen molar-refractivity contribution < 1.29 is 24.3 Å². The highest BCUT2D eigenvalue weighted by atomic mass is 16.5.